The van der Waals surface area contributed by atoms with Gasteiger partial charge in [0.05, 0.1) is 37.9 Å². The molecule has 218 valence electrons. The van der Waals surface area contributed by atoms with Crippen molar-refractivity contribution in [1.82, 2.24) is 9.78 Å². The number of aromatic nitrogens is 2. The number of nitrogens with one attached hydrogen (secondary N) is 2. The Kier molecular flexibility index (Phi) is 9.12. The largest absolute Gasteiger partial charge is 0.417 e. The topological polar surface area (TPSA) is 113 Å². The summed E-state index contributed by atoms with van der Waals surface area (Å²) >= 11 is 11.8. The second-order valence-corrected chi connectivity index (χ2v) is 11.1. The van der Waals surface area contributed by atoms with Crippen molar-refractivity contribution in [1.29, 1.82) is 0 Å². The summed E-state index contributed by atoms with van der Waals surface area (Å²) in [5, 5.41) is 10.2. The summed E-state index contributed by atoms with van der Waals surface area (Å²) in [6.07, 6.45) is -2.96. The molecule has 1 heterocycles. The smallest absolute Gasteiger partial charge is 0.308 e. The quantitative estimate of drug-likeness (QED) is 0.172. The molecule has 5 aromatic rings. The number of halogens is 5. The van der Waals surface area contributed by atoms with E-state index in [2.05, 4.69) is 15.7 Å². The van der Waals surface area contributed by atoms with Gasteiger partial charge in [-0.2, -0.15) is 26.7 Å². The van der Waals surface area contributed by atoms with Crippen LogP contribution in [-0.4, -0.2) is 28.8 Å². The molecular weight excluding hydrogens is 616 g/mol. The minimum atomic E-state index is -4.62. The van der Waals surface area contributed by atoms with E-state index in [1.54, 1.807) is 53.3 Å². The average Bonchev–Trinajstić information content (AvgIpc) is 3.35. The second kappa shape index (κ2) is 12.4. The summed E-state index contributed by atoms with van der Waals surface area (Å²) in [6.45, 7) is 1.84. The first-order chi connectivity index (χ1) is 19.7. The molecule has 0 bridgehead atoms. The summed E-state index contributed by atoms with van der Waals surface area (Å²) in [6, 6.07) is 20.7. The number of fused-ring (bicyclic) bond motifs is 1. The second-order valence-electron chi connectivity index (χ2n) is 8.84. The Hall–Kier alpha value is -4.10. The van der Waals surface area contributed by atoms with Gasteiger partial charge in [-0.3, -0.25) is 4.55 Å². The highest BCUT2D eigenvalue weighted by Gasteiger charge is 2.33. The molecule has 0 atom stereocenters. The van der Waals surface area contributed by atoms with Crippen LogP contribution in [0.15, 0.2) is 96.0 Å². The van der Waals surface area contributed by atoms with E-state index in [0.717, 1.165) is 34.3 Å². The average molecular weight is 637 g/mol. The van der Waals surface area contributed by atoms with Crippen LogP contribution in [0.25, 0.3) is 16.6 Å². The number of aryl methyl sites for hydroxylation is 1. The molecule has 0 saturated heterocycles. The predicted molar refractivity (Wildman–Crippen MR) is 156 cm³/mol. The summed E-state index contributed by atoms with van der Waals surface area (Å²) in [4.78, 5) is 12.1. The van der Waals surface area contributed by atoms with Gasteiger partial charge in [0.2, 0.25) is 0 Å². The lowest BCUT2D eigenvalue weighted by Crippen LogP contribution is -2.20. The van der Waals surface area contributed by atoms with Crippen LogP contribution in [0.5, 0.6) is 0 Å². The van der Waals surface area contributed by atoms with Crippen LogP contribution in [0.1, 0.15) is 11.1 Å². The lowest BCUT2D eigenvalue weighted by molar-refractivity contribution is -0.137. The zero-order valence-corrected chi connectivity index (χ0v) is 23.9. The number of anilines is 2. The minimum Gasteiger partial charge on any atom is -0.308 e. The normalized spacial score (nSPS) is 11.5. The lowest BCUT2D eigenvalue weighted by atomic mass is 10.2. The molecule has 5 rings (SSSR count). The van der Waals surface area contributed by atoms with Gasteiger partial charge in [-0.15, -0.1) is 0 Å². The van der Waals surface area contributed by atoms with Crippen molar-refractivity contribution < 1.29 is 30.9 Å². The van der Waals surface area contributed by atoms with Crippen LogP contribution in [0.2, 0.25) is 10.0 Å². The molecule has 0 aliphatic rings. The maximum Gasteiger partial charge on any atom is 0.417 e. The first-order valence-electron chi connectivity index (χ1n) is 11.9. The van der Waals surface area contributed by atoms with E-state index in [1.165, 1.54) is 18.2 Å². The molecule has 0 saturated carbocycles. The fraction of sp³-hybridized carbons (Fsp3) is 0.0714. The van der Waals surface area contributed by atoms with Crippen LogP contribution in [0.4, 0.5) is 29.3 Å². The third-order valence-electron chi connectivity index (χ3n) is 5.78. The molecule has 4 aromatic carbocycles. The number of nitrogens with zero attached hydrogens (tertiary/aromatic N) is 2. The van der Waals surface area contributed by atoms with Gasteiger partial charge < -0.3 is 10.6 Å². The molecule has 8 nitrogen and oxygen atoms in total. The van der Waals surface area contributed by atoms with Gasteiger partial charge in [0.1, 0.15) is 0 Å². The highest BCUT2D eigenvalue weighted by atomic mass is 35.5. The van der Waals surface area contributed by atoms with E-state index in [0.29, 0.717) is 10.7 Å². The summed E-state index contributed by atoms with van der Waals surface area (Å²) in [7, 11) is -4.02. The first kappa shape index (κ1) is 30.8. The van der Waals surface area contributed by atoms with E-state index >= 15 is 0 Å². The molecule has 0 spiro atoms. The number of amides is 2. The molecule has 0 radical (unpaired) electrons. The predicted octanol–water partition coefficient (Wildman–Crippen LogP) is 8.24. The molecule has 2 amide bonds. The maximum absolute atomic E-state index is 13.0. The fourth-order valence-corrected chi connectivity index (χ4v) is 4.65. The summed E-state index contributed by atoms with van der Waals surface area (Å²) in [5.41, 5.74) is 1.91. The Balaban J connectivity index is 0.000000310. The van der Waals surface area contributed by atoms with Crippen molar-refractivity contribution in [2.75, 3.05) is 10.6 Å². The zero-order chi connectivity index (χ0) is 30.7. The van der Waals surface area contributed by atoms with Crippen molar-refractivity contribution in [3.63, 3.8) is 0 Å². The Morgan fingerprint density at radius 2 is 1.50 bits per heavy atom. The third kappa shape index (κ3) is 7.59. The van der Waals surface area contributed by atoms with E-state index in [9.17, 15) is 26.4 Å². The molecule has 42 heavy (non-hydrogen) atoms. The summed E-state index contributed by atoms with van der Waals surface area (Å²) < 4.78 is 70.1. The van der Waals surface area contributed by atoms with Crippen LogP contribution < -0.4 is 10.6 Å². The number of benzene rings is 4. The van der Waals surface area contributed by atoms with Gasteiger partial charge in [0.15, 0.2) is 0 Å². The van der Waals surface area contributed by atoms with Crippen molar-refractivity contribution >= 4 is 61.6 Å². The molecule has 0 aliphatic carbocycles. The van der Waals surface area contributed by atoms with Crippen molar-refractivity contribution in [3.05, 3.63) is 112 Å². The molecule has 0 unspecified atom stereocenters. The Labute approximate surface area is 248 Å². The number of carbonyl (C=O) groups is 1. The number of carbonyl (C=O) groups excluding carboxylic acids is 1. The summed E-state index contributed by atoms with van der Waals surface area (Å²) in [5.74, 6) is 0. The Morgan fingerprint density at radius 3 is 2.12 bits per heavy atom. The van der Waals surface area contributed by atoms with E-state index in [-0.39, 0.29) is 10.6 Å². The Morgan fingerprint density at radius 1 is 0.881 bits per heavy atom. The Bertz CT molecular complexity index is 1840. The van der Waals surface area contributed by atoms with Crippen molar-refractivity contribution in [3.8, 4) is 5.69 Å². The van der Waals surface area contributed by atoms with E-state index < -0.39 is 32.9 Å². The number of hydrogen-bond acceptors (Lipinski definition) is 4. The van der Waals surface area contributed by atoms with Gasteiger partial charge in [-0.25, -0.2) is 9.48 Å². The van der Waals surface area contributed by atoms with E-state index in [1.807, 2.05) is 19.1 Å². The number of urea groups is 1. The van der Waals surface area contributed by atoms with Crippen molar-refractivity contribution in [2.45, 2.75) is 18.0 Å². The monoisotopic (exact) mass is 636 g/mol. The number of hydrogen-bond donors (Lipinski definition) is 3. The third-order valence-corrected chi connectivity index (χ3v) is 7.31. The van der Waals surface area contributed by atoms with Crippen molar-refractivity contribution in [2.24, 2.45) is 0 Å². The van der Waals surface area contributed by atoms with Crippen LogP contribution in [-0.2, 0) is 16.3 Å². The molecule has 0 fully saturated rings. The fourth-order valence-electron chi connectivity index (χ4n) is 3.73. The minimum absolute atomic E-state index is 0.0364. The van der Waals surface area contributed by atoms with Crippen LogP contribution in [0.3, 0.4) is 0 Å². The van der Waals surface area contributed by atoms with Crippen LogP contribution in [0, 0.1) is 6.92 Å². The lowest BCUT2D eigenvalue weighted by Gasteiger charge is -2.12. The molecule has 14 heteroatoms. The number of rotatable bonds is 4. The SMILES string of the molecule is Cc1ccc(S(=O)(=O)O)cc1.O=C(Nc1ccc(-n2ncc3c(Cl)cccc32)cc1)Nc1ccc(Cl)c(C(F)(F)F)c1. The zero-order valence-electron chi connectivity index (χ0n) is 21.5. The highest BCUT2D eigenvalue weighted by molar-refractivity contribution is 7.85. The number of alkyl halides is 3. The molecule has 3 N–H and O–H groups in total. The van der Waals surface area contributed by atoms with E-state index in [4.69, 9.17) is 27.8 Å². The molecule has 0 aliphatic heterocycles. The highest BCUT2D eigenvalue weighted by Crippen LogP contribution is 2.36. The van der Waals surface area contributed by atoms with Gasteiger partial charge in [-0.05, 0) is 73.7 Å². The molecule has 1 aromatic heterocycles. The maximum atomic E-state index is 13.0. The van der Waals surface area contributed by atoms with Gasteiger partial charge in [-0.1, -0.05) is 47.0 Å². The first-order valence-corrected chi connectivity index (χ1v) is 14.1. The standard InChI is InChI=1S/C21H13Cl2F3N4O.C7H8O3S/c22-17-2-1-3-19-15(17)11-27-30(19)14-7-4-12(5-8-14)28-20(31)29-13-6-9-18(23)16(10-13)21(24,25)26;1-6-2-4-7(5-3-6)11(8,9)10/h1-11H,(H2,28,29,31);2-5H,1H3,(H,8,9,10). The van der Waals surface area contributed by atoms with Gasteiger partial charge >= 0.3 is 12.2 Å². The van der Waals surface area contributed by atoms with Gasteiger partial charge in [0.25, 0.3) is 10.1 Å². The van der Waals surface area contributed by atoms with Gasteiger partial charge in [0, 0.05) is 16.8 Å². The molecular formula is C28H21Cl2F3N4O4S. The van der Waals surface area contributed by atoms with Crippen LogP contribution >= 0.6 is 23.2 Å².